The van der Waals surface area contributed by atoms with Crippen LogP contribution in [0.2, 0.25) is 0 Å². The largest absolute Gasteiger partial charge is 0.344 e. The molecule has 2 N–H and O–H groups in total. The first-order chi connectivity index (χ1) is 8.70. The maximum atomic E-state index is 12.2. The van der Waals surface area contributed by atoms with Gasteiger partial charge in [-0.3, -0.25) is 9.59 Å². The number of amides is 2. The summed E-state index contributed by atoms with van der Waals surface area (Å²) in [7, 11) is 1.97. The summed E-state index contributed by atoms with van der Waals surface area (Å²) in [4.78, 5) is 25.2. The zero-order chi connectivity index (χ0) is 13.0. The Morgan fingerprint density at radius 2 is 2.11 bits per heavy atom. The highest BCUT2D eigenvalue weighted by Gasteiger charge is 2.32. The number of carbonyl (C=O) groups excluding carboxylic acids is 2. The van der Waals surface area contributed by atoms with E-state index in [2.05, 4.69) is 10.6 Å². The van der Waals surface area contributed by atoms with E-state index in [0.717, 1.165) is 38.4 Å². The third-order valence-corrected chi connectivity index (χ3v) is 4.02. The van der Waals surface area contributed by atoms with Crippen molar-refractivity contribution in [3.05, 3.63) is 0 Å². The summed E-state index contributed by atoms with van der Waals surface area (Å²) in [6, 6.07) is -0.258. The van der Waals surface area contributed by atoms with E-state index in [1.165, 1.54) is 6.42 Å². The van der Waals surface area contributed by atoms with Crippen LogP contribution in [0.1, 0.15) is 32.1 Å². The van der Waals surface area contributed by atoms with E-state index in [1.54, 1.807) is 0 Å². The Labute approximate surface area is 108 Å². The van der Waals surface area contributed by atoms with Crippen LogP contribution in [0, 0.1) is 5.92 Å². The molecule has 0 spiro atoms. The van der Waals surface area contributed by atoms with E-state index in [4.69, 9.17) is 0 Å². The minimum atomic E-state index is -0.258. The number of hydrogen-bond acceptors (Lipinski definition) is 3. The topological polar surface area (TPSA) is 61.4 Å². The average Bonchev–Trinajstić information content (AvgIpc) is 2.83. The van der Waals surface area contributed by atoms with Crippen LogP contribution in [-0.4, -0.2) is 49.4 Å². The van der Waals surface area contributed by atoms with E-state index < -0.39 is 0 Å². The molecule has 2 heterocycles. The molecule has 18 heavy (non-hydrogen) atoms. The molecule has 0 aromatic heterocycles. The lowest BCUT2D eigenvalue weighted by atomic mass is 9.93. The fourth-order valence-electron chi connectivity index (χ4n) is 2.81. The van der Waals surface area contributed by atoms with E-state index >= 15 is 0 Å². The van der Waals surface area contributed by atoms with E-state index in [0.29, 0.717) is 12.8 Å². The minimum absolute atomic E-state index is 0.0113. The van der Waals surface area contributed by atoms with Crippen molar-refractivity contribution in [3.63, 3.8) is 0 Å². The van der Waals surface area contributed by atoms with Crippen LogP contribution in [0.25, 0.3) is 0 Å². The molecule has 2 rings (SSSR count). The van der Waals surface area contributed by atoms with Gasteiger partial charge in [0.05, 0.1) is 0 Å². The lowest BCUT2D eigenvalue weighted by Gasteiger charge is -2.33. The summed E-state index contributed by atoms with van der Waals surface area (Å²) in [5.41, 5.74) is 0. The van der Waals surface area contributed by atoms with Gasteiger partial charge in [0.25, 0.3) is 0 Å². The van der Waals surface area contributed by atoms with Crippen molar-refractivity contribution in [2.45, 2.75) is 38.1 Å². The lowest BCUT2D eigenvalue weighted by Crippen LogP contribution is -2.47. The highest BCUT2D eigenvalue weighted by atomic mass is 16.2. The Bertz CT molecular complexity index is 311. The summed E-state index contributed by atoms with van der Waals surface area (Å²) in [6.07, 6.45) is 4.53. The minimum Gasteiger partial charge on any atom is -0.344 e. The van der Waals surface area contributed by atoms with E-state index in [9.17, 15) is 9.59 Å². The Balaban J connectivity index is 1.75. The van der Waals surface area contributed by atoms with Crippen molar-refractivity contribution in [2.75, 3.05) is 26.7 Å². The van der Waals surface area contributed by atoms with Crippen LogP contribution in [0.5, 0.6) is 0 Å². The molecule has 5 nitrogen and oxygen atoms in total. The van der Waals surface area contributed by atoms with Crippen molar-refractivity contribution in [1.82, 2.24) is 15.5 Å². The smallest absolute Gasteiger partial charge is 0.245 e. The van der Waals surface area contributed by atoms with Gasteiger partial charge in [-0.25, -0.2) is 0 Å². The summed E-state index contributed by atoms with van der Waals surface area (Å²) in [5.74, 6) is 0.866. The van der Waals surface area contributed by atoms with Gasteiger partial charge >= 0.3 is 0 Å². The first-order valence-corrected chi connectivity index (χ1v) is 6.93. The lowest BCUT2D eigenvalue weighted by molar-refractivity contribution is -0.135. The predicted octanol–water partition coefficient (Wildman–Crippen LogP) is 0.113. The Morgan fingerprint density at radius 3 is 2.67 bits per heavy atom. The second kappa shape index (κ2) is 6.18. The van der Waals surface area contributed by atoms with Crippen molar-refractivity contribution in [3.8, 4) is 0 Å². The number of carbonyl (C=O) groups is 2. The molecule has 1 atom stereocenters. The highest BCUT2D eigenvalue weighted by Crippen LogP contribution is 2.21. The normalized spacial score (nSPS) is 25.3. The molecule has 102 valence electrons. The average molecular weight is 253 g/mol. The first-order valence-electron chi connectivity index (χ1n) is 6.93. The van der Waals surface area contributed by atoms with Gasteiger partial charge in [-0.1, -0.05) is 0 Å². The molecule has 0 radical (unpaired) electrons. The molecule has 0 bridgehead atoms. The molecule has 0 aliphatic carbocycles. The van der Waals surface area contributed by atoms with Crippen LogP contribution in [0.15, 0.2) is 0 Å². The number of likely N-dealkylation sites (tertiary alicyclic amines) is 1. The molecule has 0 aromatic rings. The van der Waals surface area contributed by atoms with Gasteiger partial charge < -0.3 is 15.5 Å². The fraction of sp³-hybridized carbons (Fsp3) is 0.846. The van der Waals surface area contributed by atoms with Gasteiger partial charge in [0.15, 0.2) is 0 Å². The fourth-order valence-corrected chi connectivity index (χ4v) is 2.81. The molecular formula is C13H23N3O2. The van der Waals surface area contributed by atoms with Crippen LogP contribution in [0.3, 0.4) is 0 Å². The van der Waals surface area contributed by atoms with Crippen molar-refractivity contribution in [1.29, 1.82) is 0 Å². The Morgan fingerprint density at radius 1 is 1.39 bits per heavy atom. The number of rotatable bonds is 4. The third-order valence-electron chi connectivity index (χ3n) is 4.02. The number of piperidine rings is 1. The molecule has 0 saturated carbocycles. The van der Waals surface area contributed by atoms with Crippen molar-refractivity contribution < 1.29 is 9.59 Å². The second-order valence-corrected chi connectivity index (χ2v) is 5.32. The highest BCUT2D eigenvalue weighted by molar-refractivity contribution is 5.90. The van der Waals surface area contributed by atoms with Gasteiger partial charge in [0.1, 0.15) is 6.04 Å². The van der Waals surface area contributed by atoms with Crippen LogP contribution >= 0.6 is 0 Å². The maximum absolute atomic E-state index is 12.2. The molecule has 5 heteroatoms. The number of hydrogen-bond donors (Lipinski definition) is 2. The summed E-state index contributed by atoms with van der Waals surface area (Å²) in [6.45, 7) is 2.75. The first kappa shape index (κ1) is 13.3. The Kier molecular flexibility index (Phi) is 4.58. The molecule has 2 aliphatic rings. The predicted molar refractivity (Wildman–Crippen MR) is 69.0 cm³/mol. The monoisotopic (exact) mass is 253 g/mol. The zero-order valence-electron chi connectivity index (χ0n) is 11.1. The zero-order valence-corrected chi connectivity index (χ0v) is 11.1. The van der Waals surface area contributed by atoms with Crippen LogP contribution < -0.4 is 10.6 Å². The molecule has 0 aromatic carbocycles. The summed E-state index contributed by atoms with van der Waals surface area (Å²) < 4.78 is 0. The summed E-state index contributed by atoms with van der Waals surface area (Å²) >= 11 is 0. The summed E-state index contributed by atoms with van der Waals surface area (Å²) in [5, 5.41) is 5.93. The standard InChI is InChI=1S/C13H23N3O2/c1-14-7-4-10-5-8-16(9-6-10)13(18)11-2-3-12(17)15-11/h10-11,14H,2-9H2,1H3,(H,15,17). The van der Waals surface area contributed by atoms with E-state index in [-0.39, 0.29) is 17.9 Å². The quantitative estimate of drug-likeness (QED) is 0.748. The SMILES string of the molecule is CNCCC1CCN(C(=O)C2CCC(=O)N2)CC1. The molecule has 2 fully saturated rings. The number of nitrogens with one attached hydrogen (secondary N) is 2. The molecular weight excluding hydrogens is 230 g/mol. The second-order valence-electron chi connectivity index (χ2n) is 5.32. The van der Waals surface area contributed by atoms with Gasteiger partial charge in [-0.2, -0.15) is 0 Å². The Hall–Kier alpha value is -1.10. The van der Waals surface area contributed by atoms with Crippen molar-refractivity contribution in [2.24, 2.45) is 5.92 Å². The van der Waals surface area contributed by atoms with Gasteiger partial charge in [-0.15, -0.1) is 0 Å². The van der Waals surface area contributed by atoms with Gasteiger partial charge in [0, 0.05) is 19.5 Å². The van der Waals surface area contributed by atoms with E-state index in [1.807, 2.05) is 11.9 Å². The van der Waals surface area contributed by atoms with Crippen molar-refractivity contribution >= 4 is 11.8 Å². The third kappa shape index (κ3) is 3.22. The van der Waals surface area contributed by atoms with Gasteiger partial charge in [-0.05, 0) is 45.2 Å². The molecule has 2 saturated heterocycles. The molecule has 2 aliphatic heterocycles. The molecule has 2 amide bonds. The maximum Gasteiger partial charge on any atom is 0.245 e. The van der Waals surface area contributed by atoms with Crippen LogP contribution in [0.4, 0.5) is 0 Å². The van der Waals surface area contributed by atoms with Gasteiger partial charge in [0.2, 0.25) is 11.8 Å². The molecule has 1 unspecified atom stereocenters. The van der Waals surface area contributed by atoms with Crippen LogP contribution in [-0.2, 0) is 9.59 Å². The number of nitrogens with zero attached hydrogens (tertiary/aromatic N) is 1.